The zero-order chi connectivity index (χ0) is 12.3. The molecule has 0 saturated carbocycles. The van der Waals surface area contributed by atoms with Gasteiger partial charge in [0.25, 0.3) is 0 Å². The van der Waals surface area contributed by atoms with Crippen molar-refractivity contribution in [2.45, 2.75) is 6.04 Å². The second-order valence-corrected chi connectivity index (χ2v) is 3.03. The van der Waals surface area contributed by atoms with Crippen LogP contribution in [0.3, 0.4) is 0 Å². The van der Waals surface area contributed by atoms with E-state index in [0.29, 0.717) is 12.1 Å². The van der Waals surface area contributed by atoms with Crippen molar-refractivity contribution in [1.82, 2.24) is 5.32 Å². The third kappa shape index (κ3) is 2.33. The van der Waals surface area contributed by atoms with Crippen molar-refractivity contribution in [1.29, 1.82) is 0 Å². The van der Waals surface area contributed by atoms with Gasteiger partial charge in [0.1, 0.15) is 11.9 Å². The van der Waals surface area contributed by atoms with E-state index in [0.717, 1.165) is 7.11 Å². The van der Waals surface area contributed by atoms with E-state index in [2.05, 4.69) is 10.1 Å². The Morgan fingerprint density at radius 1 is 1.25 bits per heavy atom. The number of rotatable bonds is 3. The molecule has 1 rings (SSSR count). The predicted octanol–water partition coefficient (Wildman–Crippen LogP) is 1.54. The lowest BCUT2D eigenvalue weighted by atomic mass is 10.1. The van der Waals surface area contributed by atoms with Crippen LogP contribution in [-0.4, -0.2) is 20.1 Å². The zero-order valence-corrected chi connectivity index (χ0v) is 8.68. The highest BCUT2D eigenvalue weighted by Gasteiger charge is 2.24. The minimum Gasteiger partial charge on any atom is -0.468 e. The molecule has 0 aliphatic heterocycles. The Labute approximate surface area is 90.2 Å². The molecule has 16 heavy (non-hydrogen) atoms. The van der Waals surface area contributed by atoms with Crippen LogP contribution in [0.5, 0.6) is 0 Å². The topological polar surface area (TPSA) is 38.3 Å². The van der Waals surface area contributed by atoms with Gasteiger partial charge in [-0.25, -0.2) is 18.0 Å². The molecule has 1 aromatic rings. The van der Waals surface area contributed by atoms with E-state index in [9.17, 15) is 18.0 Å². The summed E-state index contributed by atoms with van der Waals surface area (Å²) >= 11 is 0. The van der Waals surface area contributed by atoms with Gasteiger partial charge in [0, 0.05) is 11.6 Å². The van der Waals surface area contributed by atoms with Crippen molar-refractivity contribution >= 4 is 5.97 Å². The monoisotopic (exact) mass is 233 g/mol. The van der Waals surface area contributed by atoms with Crippen LogP contribution < -0.4 is 5.32 Å². The number of ether oxygens (including phenoxy) is 1. The molecule has 1 N–H and O–H groups in total. The number of esters is 1. The Bertz CT molecular complexity index is 409. The summed E-state index contributed by atoms with van der Waals surface area (Å²) in [4.78, 5) is 11.2. The van der Waals surface area contributed by atoms with Gasteiger partial charge in [-0.3, -0.25) is 0 Å². The fourth-order valence-corrected chi connectivity index (χ4v) is 1.28. The van der Waals surface area contributed by atoms with E-state index in [4.69, 9.17) is 0 Å². The van der Waals surface area contributed by atoms with E-state index in [-0.39, 0.29) is 5.56 Å². The molecule has 88 valence electrons. The molecule has 1 atom stereocenters. The average molecular weight is 233 g/mol. The van der Waals surface area contributed by atoms with Crippen LogP contribution in [0.4, 0.5) is 13.2 Å². The summed E-state index contributed by atoms with van der Waals surface area (Å²) in [6.45, 7) is 0. The second kappa shape index (κ2) is 4.98. The van der Waals surface area contributed by atoms with E-state index >= 15 is 0 Å². The minimum atomic E-state index is -1.30. The first kappa shape index (κ1) is 12.5. The lowest BCUT2D eigenvalue weighted by molar-refractivity contribution is -0.143. The van der Waals surface area contributed by atoms with Crippen molar-refractivity contribution in [3.05, 3.63) is 35.1 Å². The number of nitrogens with one attached hydrogen (secondary N) is 1. The van der Waals surface area contributed by atoms with Gasteiger partial charge in [-0.05, 0) is 13.1 Å². The van der Waals surface area contributed by atoms with Crippen LogP contribution in [0.15, 0.2) is 12.1 Å². The third-order valence-electron chi connectivity index (χ3n) is 2.08. The summed E-state index contributed by atoms with van der Waals surface area (Å²) in [6, 6.07) is -0.152. The first-order chi connectivity index (χ1) is 7.51. The van der Waals surface area contributed by atoms with E-state index < -0.39 is 29.5 Å². The molecular formula is C10H10F3NO2. The van der Waals surface area contributed by atoms with Gasteiger partial charge in [-0.15, -0.1) is 0 Å². The van der Waals surface area contributed by atoms with Crippen LogP contribution >= 0.6 is 0 Å². The largest absolute Gasteiger partial charge is 0.468 e. The first-order valence-electron chi connectivity index (χ1n) is 4.40. The number of methoxy groups -OCH3 is 1. The average Bonchev–Trinajstić information content (AvgIpc) is 2.26. The highest BCUT2D eigenvalue weighted by atomic mass is 19.2. The lowest BCUT2D eigenvalue weighted by Crippen LogP contribution is -2.27. The van der Waals surface area contributed by atoms with Crippen molar-refractivity contribution in [2.24, 2.45) is 0 Å². The normalized spacial score (nSPS) is 12.3. The maximum absolute atomic E-state index is 13.3. The Morgan fingerprint density at radius 3 is 2.31 bits per heavy atom. The SMILES string of the molecule is CNC(C(=O)OC)c1cc(F)c(F)cc1F. The number of hydrogen-bond acceptors (Lipinski definition) is 3. The number of halogens is 3. The minimum absolute atomic E-state index is 0.298. The van der Waals surface area contributed by atoms with Gasteiger partial charge < -0.3 is 10.1 Å². The van der Waals surface area contributed by atoms with Crippen LogP contribution in [0.25, 0.3) is 0 Å². The third-order valence-corrected chi connectivity index (χ3v) is 2.08. The Hall–Kier alpha value is -1.56. The molecule has 0 fully saturated rings. The predicted molar refractivity (Wildman–Crippen MR) is 50.1 cm³/mol. The molecule has 0 amide bonds. The summed E-state index contributed by atoms with van der Waals surface area (Å²) in [6.07, 6.45) is 0. The molecule has 0 radical (unpaired) electrons. The molecule has 6 heteroatoms. The first-order valence-corrected chi connectivity index (χ1v) is 4.40. The zero-order valence-electron chi connectivity index (χ0n) is 8.68. The van der Waals surface area contributed by atoms with Crippen LogP contribution in [-0.2, 0) is 9.53 Å². The molecule has 0 aromatic heterocycles. The molecular weight excluding hydrogens is 223 g/mol. The van der Waals surface area contributed by atoms with Crippen LogP contribution in [0.2, 0.25) is 0 Å². The van der Waals surface area contributed by atoms with Crippen LogP contribution in [0, 0.1) is 17.5 Å². The maximum atomic E-state index is 13.3. The van der Waals surface area contributed by atoms with E-state index in [1.54, 1.807) is 0 Å². The molecule has 0 saturated heterocycles. The maximum Gasteiger partial charge on any atom is 0.327 e. The lowest BCUT2D eigenvalue weighted by Gasteiger charge is -2.14. The van der Waals surface area contributed by atoms with Gasteiger partial charge in [0.2, 0.25) is 0 Å². The summed E-state index contributed by atoms with van der Waals surface area (Å²) in [7, 11) is 2.49. The fraction of sp³-hybridized carbons (Fsp3) is 0.300. The second-order valence-electron chi connectivity index (χ2n) is 3.03. The van der Waals surface area contributed by atoms with Crippen molar-refractivity contribution in [3.63, 3.8) is 0 Å². The molecule has 1 aromatic carbocycles. The molecule has 0 aliphatic rings. The standard InChI is InChI=1S/C10H10F3NO2/c1-14-9(10(15)16-2)5-3-7(12)8(13)4-6(5)11/h3-4,9,14H,1-2H3. The van der Waals surface area contributed by atoms with Gasteiger partial charge >= 0.3 is 5.97 Å². The number of hydrogen-bond donors (Lipinski definition) is 1. The van der Waals surface area contributed by atoms with Gasteiger partial charge in [-0.2, -0.15) is 0 Å². The number of carbonyl (C=O) groups is 1. The molecule has 0 heterocycles. The quantitative estimate of drug-likeness (QED) is 0.635. The van der Waals surface area contributed by atoms with E-state index in [1.165, 1.54) is 7.05 Å². The van der Waals surface area contributed by atoms with Crippen molar-refractivity contribution in [3.8, 4) is 0 Å². The molecule has 0 bridgehead atoms. The number of likely N-dealkylation sites (N-methyl/N-ethyl adjacent to an activating group) is 1. The van der Waals surface area contributed by atoms with Crippen molar-refractivity contribution < 1.29 is 22.7 Å². The summed E-state index contributed by atoms with van der Waals surface area (Å²) in [5.74, 6) is -4.32. The number of carbonyl (C=O) groups excluding carboxylic acids is 1. The molecule has 1 unspecified atom stereocenters. The van der Waals surface area contributed by atoms with Crippen molar-refractivity contribution in [2.75, 3.05) is 14.2 Å². The smallest absolute Gasteiger partial charge is 0.327 e. The van der Waals surface area contributed by atoms with Gasteiger partial charge in [0.05, 0.1) is 7.11 Å². The van der Waals surface area contributed by atoms with Crippen LogP contribution in [0.1, 0.15) is 11.6 Å². The Balaban J connectivity index is 3.20. The summed E-state index contributed by atoms with van der Waals surface area (Å²) < 4.78 is 43.3. The van der Waals surface area contributed by atoms with Gasteiger partial charge in [-0.1, -0.05) is 0 Å². The fourth-order valence-electron chi connectivity index (χ4n) is 1.28. The Morgan fingerprint density at radius 2 is 1.81 bits per heavy atom. The summed E-state index contributed by atoms with van der Waals surface area (Å²) in [5, 5.41) is 2.45. The molecule has 3 nitrogen and oxygen atoms in total. The van der Waals surface area contributed by atoms with Gasteiger partial charge in [0.15, 0.2) is 11.6 Å². The Kier molecular flexibility index (Phi) is 3.89. The molecule has 0 aliphatic carbocycles. The van der Waals surface area contributed by atoms with E-state index in [1.807, 2.05) is 0 Å². The number of benzene rings is 1. The highest BCUT2D eigenvalue weighted by Crippen LogP contribution is 2.21. The molecule has 0 spiro atoms. The highest BCUT2D eigenvalue weighted by molar-refractivity contribution is 5.77. The summed E-state index contributed by atoms with van der Waals surface area (Å²) in [5.41, 5.74) is -0.298.